The Bertz CT molecular complexity index is 589. The first-order valence-corrected chi connectivity index (χ1v) is 6.06. The van der Waals surface area contributed by atoms with Crippen LogP contribution in [0.1, 0.15) is 5.56 Å². The van der Waals surface area contributed by atoms with Crippen LogP contribution in [0, 0.1) is 17.5 Å². The van der Waals surface area contributed by atoms with Crippen molar-refractivity contribution in [2.45, 2.75) is 0 Å². The molecule has 0 spiro atoms. The van der Waals surface area contributed by atoms with Gasteiger partial charge in [-0.25, -0.2) is 13.2 Å². The lowest BCUT2D eigenvalue weighted by atomic mass is 10.2. The molecule has 2 nitrogen and oxygen atoms in total. The van der Waals surface area contributed by atoms with Gasteiger partial charge in [0.25, 0.3) is 0 Å². The van der Waals surface area contributed by atoms with E-state index in [4.69, 9.17) is 0 Å². The van der Waals surface area contributed by atoms with Gasteiger partial charge in [0.15, 0.2) is 11.6 Å². The summed E-state index contributed by atoms with van der Waals surface area (Å²) in [5, 5.41) is 3.67. The minimum atomic E-state index is -1.28. The van der Waals surface area contributed by atoms with Crippen LogP contribution in [-0.2, 0) is 0 Å². The van der Waals surface area contributed by atoms with Crippen LogP contribution >= 0.6 is 15.9 Å². The molecule has 0 atom stereocenters. The summed E-state index contributed by atoms with van der Waals surface area (Å²) in [4.78, 5) is 0. The molecule has 0 aliphatic carbocycles. The number of hydrogen-bond acceptors (Lipinski definition) is 2. The third-order valence-electron chi connectivity index (χ3n) is 2.31. The molecule has 0 amide bonds. The van der Waals surface area contributed by atoms with Crippen LogP contribution in [0.25, 0.3) is 0 Å². The van der Waals surface area contributed by atoms with Gasteiger partial charge in [-0.1, -0.05) is 18.2 Å². The molecule has 2 rings (SSSR count). The van der Waals surface area contributed by atoms with E-state index in [1.54, 1.807) is 24.3 Å². The van der Waals surface area contributed by atoms with Gasteiger partial charge in [0.2, 0.25) is 0 Å². The number of nitrogens with zero attached hydrogens (tertiary/aromatic N) is 1. The fourth-order valence-corrected chi connectivity index (χ4v) is 1.80. The average molecular weight is 329 g/mol. The van der Waals surface area contributed by atoms with E-state index >= 15 is 0 Å². The quantitative estimate of drug-likeness (QED) is 0.506. The van der Waals surface area contributed by atoms with Gasteiger partial charge in [0.1, 0.15) is 5.82 Å². The molecule has 0 unspecified atom stereocenters. The number of rotatable bonds is 3. The minimum absolute atomic E-state index is 0.160. The number of para-hydroxylation sites is 1. The van der Waals surface area contributed by atoms with Crippen LogP contribution in [0.4, 0.5) is 18.9 Å². The number of nitrogens with one attached hydrogen (secondary N) is 1. The standard InChI is InChI=1S/C13H8BrF3N2/c14-10-6-11(15)13(17)9(12(10)16)7-18-19-8-4-2-1-3-5-8/h1-7,19H. The highest BCUT2D eigenvalue weighted by Crippen LogP contribution is 2.23. The molecule has 2 aromatic carbocycles. The van der Waals surface area contributed by atoms with Gasteiger partial charge >= 0.3 is 0 Å². The van der Waals surface area contributed by atoms with Crippen molar-refractivity contribution in [2.75, 3.05) is 5.43 Å². The summed E-state index contributed by atoms with van der Waals surface area (Å²) in [5.74, 6) is -3.33. The van der Waals surface area contributed by atoms with Crippen LogP contribution in [0.15, 0.2) is 46.0 Å². The van der Waals surface area contributed by atoms with Crippen LogP contribution in [-0.4, -0.2) is 6.21 Å². The molecule has 0 radical (unpaired) electrons. The van der Waals surface area contributed by atoms with Crippen molar-refractivity contribution in [1.82, 2.24) is 0 Å². The molecule has 0 aliphatic heterocycles. The van der Waals surface area contributed by atoms with Gasteiger partial charge < -0.3 is 0 Å². The van der Waals surface area contributed by atoms with Crippen LogP contribution in [0.3, 0.4) is 0 Å². The van der Waals surface area contributed by atoms with Gasteiger partial charge in [0.05, 0.1) is 21.9 Å². The summed E-state index contributed by atoms with van der Waals surface area (Å²) >= 11 is 2.80. The van der Waals surface area contributed by atoms with Crippen LogP contribution < -0.4 is 5.43 Å². The highest BCUT2D eigenvalue weighted by molar-refractivity contribution is 9.10. The Morgan fingerprint density at radius 2 is 1.74 bits per heavy atom. The second-order valence-corrected chi connectivity index (χ2v) is 4.47. The lowest BCUT2D eigenvalue weighted by Crippen LogP contribution is -2.01. The molecule has 0 bridgehead atoms. The monoisotopic (exact) mass is 328 g/mol. The Hall–Kier alpha value is -1.82. The third-order valence-corrected chi connectivity index (χ3v) is 2.88. The van der Waals surface area contributed by atoms with E-state index in [9.17, 15) is 13.2 Å². The molecule has 98 valence electrons. The van der Waals surface area contributed by atoms with Gasteiger partial charge in [-0.05, 0) is 34.1 Å². The Balaban J connectivity index is 2.24. The maximum atomic E-state index is 13.6. The second-order valence-electron chi connectivity index (χ2n) is 3.62. The van der Waals surface area contributed by atoms with Gasteiger partial charge in [0, 0.05) is 0 Å². The molecule has 6 heteroatoms. The summed E-state index contributed by atoms with van der Waals surface area (Å²) in [5.41, 5.74) is 2.69. The van der Waals surface area contributed by atoms with Crippen molar-refractivity contribution in [3.8, 4) is 0 Å². The molecule has 19 heavy (non-hydrogen) atoms. The highest BCUT2D eigenvalue weighted by atomic mass is 79.9. The van der Waals surface area contributed by atoms with Crippen molar-refractivity contribution in [3.63, 3.8) is 0 Å². The smallest absolute Gasteiger partial charge is 0.170 e. The molecular weight excluding hydrogens is 321 g/mol. The molecule has 0 aromatic heterocycles. The maximum absolute atomic E-state index is 13.6. The van der Waals surface area contributed by atoms with Crippen molar-refractivity contribution >= 4 is 27.8 Å². The van der Waals surface area contributed by atoms with Crippen molar-refractivity contribution in [1.29, 1.82) is 0 Å². The number of halogens is 4. The SMILES string of the molecule is Fc1cc(Br)c(F)c(C=NNc2ccccc2)c1F. The number of hydrogen-bond donors (Lipinski definition) is 1. The van der Waals surface area contributed by atoms with E-state index in [1.165, 1.54) is 0 Å². The fourth-order valence-electron chi connectivity index (χ4n) is 1.39. The lowest BCUT2D eigenvalue weighted by Gasteiger charge is -2.03. The summed E-state index contributed by atoms with van der Waals surface area (Å²) in [6, 6.07) is 9.55. The van der Waals surface area contributed by atoms with Gasteiger partial charge in [-0.2, -0.15) is 5.10 Å². The number of anilines is 1. The van der Waals surface area contributed by atoms with Crippen molar-refractivity contribution in [3.05, 3.63) is 63.9 Å². The van der Waals surface area contributed by atoms with E-state index in [0.717, 1.165) is 12.3 Å². The average Bonchev–Trinajstić information content (AvgIpc) is 2.42. The van der Waals surface area contributed by atoms with Crippen LogP contribution in [0.2, 0.25) is 0 Å². The maximum Gasteiger partial charge on any atom is 0.170 e. The lowest BCUT2D eigenvalue weighted by molar-refractivity contribution is 0.491. The zero-order valence-corrected chi connectivity index (χ0v) is 11.1. The Kier molecular flexibility index (Phi) is 4.21. The molecule has 0 aliphatic rings. The van der Waals surface area contributed by atoms with E-state index in [2.05, 4.69) is 26.5 Å². The number of hydrazone groups is 1. The Labute approximate surface area is 116 Å². The summed E-state index contributed by atoms with van der Waals surface area (Å²) in [7, 11) is 0. The summed E-state index contributed by atoms with van der Waals surface area (Å²) in [6.07, 6.45) is 0.894. The number of benzene rings is 2. The van der Waals surface area contributed by atoms with E-state index in [-0.39, 0.29) is 4.47 Å². The van der Waals surface area contributed by atoms with Crippen LogP contribution in [0.5, 0.6) is 0 Å². The van der Waals surface area contributed by atoms with Crippen molar-refractivity contribution < 1.29 is 13.2 Å². The third kappa shape index (κ3) is 3.14. The highest BCUT2D eigenvalue weighted by Gasteiger charge is 2.15. The first kappa shape index (κ1) is 13.6. The normalized spacial score (nSPS) is 10.9. The molecule has 0 saturated carbocycles. The molecule has 2 aromatic rings. The predicted octanol–water partition coefficient (Wildman–Crippen LogP) is 4.31. The van der Waals surface area contributed by atoms with Crippen molar-refractivity contribution in [2.24, 2.45) is 5.10 Å². The Morgan fingerprint density at radius 1 is 1.05 bits per heavy atom. The first-order chi connectivity index (χ1) is 9.09. The zero-order valence-electron chi connectivity index (χ0n) is 9.50. The molecular formula is C13H8BrF3N2. The van der Waals surface area contributed by atoms with Gasteiger partial charge in [-0.3, -0.25) is 5.43 Å². The van der Waals surface area contributed by atoms with E-state index in [0.29, 0.717) is 5.69 Å². The summed E-state index contributed by atoms with van der Waals surface area (Å²) in [6.45, 7) is 0. The van der Waals surface area contributed by atoms with E-state index < -0.39 is 23.0 Å². The molecule has 1 N–H and O–H groups in total. The minimum Gasteiger partial charge on any atom is -0.279 e. The fraction of sp³-hybridized carbons (Fsp3) is 0. The topological polar surface area (TPSA) is 24.4 Å². The largest absolute Gasteiger partial charge is 0.279 e. The van der Waals surface area contributed by atoms with E-state index in [1.807, 2.05) is 6.07 Å². The summed E-state index contributed by atoms with van der Waals surface area (Å²) < 4.78 is 40.0. The predicted molar refractivity (Wildman–Crippen MR) is 71.7 cm³/mol. The van der Waals surface area contributed by atoms with Gasteiger partial charge in [-0.15, -0.1) is 0 Å². The Morgan fingerprint density at radius 3 is 2.42 bits per heavy atom. The molecule has 0 fully saturated rings. The second kappa shape index (κ2) is 5.88. The zero-order chi connectivity index (χ0) is 13.8. The molecule has 0 saturated heterocycles. The molecule has 0 heterocycles. The first-order valence-electron chi connectivity index (χ1n) is 5.26.